The van der Waals surface area contributed by atoms with E-state index in [1.807, 2.05) is 43.5 Å². The summed E-state index contributed by atoms with van der Waals surface area (Å²) in [6.45, 7) is 3.28. The Morgan fingerprint density at radius 1 is 1.27 bits per heavy atom. The van der Waals surface area contributed by atoms with E-state index in [2.05, 4.69) is 25.2 Å². The average Bonchev–Trinajstić information content (AvgIpc) is 3.24. The second-order valence-corrected chi connectivity index (χ2v) is 8.03. The molecule has 8 nitrogen and oxygen atoms in total. The van der Waals surface area contributed by atoms with Gasteiger partial charge in [0.05, 0.1) is 17.0 Å². The number of anilines is 1. The molecule has 1 fully saturated rings. The van der Waals surface area contributed by atoms with Crippen molar-refractivity contribution in [3.05, 3.63) is 54.0 Å². The molecule has 1 saturated heterocycles. The van der Waals surface area contributed by atoms with Gasteiger partial charge in [-0.2, -0.15) is 0 Å². The summed E-state index contributed by atoms with van der Waals surface area (Å²) in [4.78, 5) is 27.0. The van der Waals surface area contributed by atoms with E-state index in [9.17, 15) is 9.90 Å². The number of benzene rings is 1. The van der Waals surface area contributed by atoms with Gasteiger partial charge in [-0.3, -0.25) is 4.79 Å². The summed E-state index contributed by atoms with van der Waals surface area (Å²) in [6.07, 6.45) is 4.89. The van der Waals surface area contributed by atoms with Crippen molar-refractivity contribution in [3.63, 3.8) is 0 Å². The molecule has 1 aliphatic heterocycles. The maximum absolute atomic E-state index is 13.1. The van der Waals surface area contributed by atoms with Gasteiger partial charge in [-0.25, -0.2) is 9.97 Å². The molecule has 5 N–H and O–H groups in total. The van der Waals surface area contributed by atoms with E-state index >= 15 is 0 Å². The molecule has 0 saturated carbocycles. The van der Waals surface area contributed by atoms with E-state index < -0.39 is 5.54 Å². The topological polar surface area (TPSA) is 120 Å². The Morgan fingerprint density at radius 3 is 2.70 bits per heavy atom. The number of amides is 1. The number of fused-ring (bicyclic) bond motifs is 1. The summed E-state index contributed by atoms with van der Waals surface area (Å²) in [5.41, 5.74) is 8.52. The van der Waals surface area contributed by atoms with Crippen molar-refractivity contribution >= 4 is 22.8 Å². The highest BCUT2D eigenvalue weighted by Crippen LogP contribution is 2.29. The molecule has 3 aromatic rings. The molecule has 0 bridgehead atoms. The predicted octanol–water partition coefficient (Wildman–Crippen LogP) is 1.80. The number of nitrogens with one attached hydrogen (secondary N) is 2. The Morgan fingerprint density at radius 2 is 2.00 bits per heavy atom. The number of nitrogens with zero attached hydrogens (tertiary/aromatic N) is 3. The highest BCUT2D eigenvalue weighted by molar-refractivity contribution is 5.89. The third-order valence-corrected chi connectivity index (χ3v) is 5.94. The maximum Gasteiger partial charge on any atom is 0.240 e. The lowest BCUT2D eigenvalue weighted by atomic mass is 9.87. The van der Waals surface area contributed by atoms with E-state index in [-0.39, 0.29) is 18.6 Å². The Kier molecular flexibility index (Phi) is 5.69. The maximum atomic E-state index is 13.1. The van der Waals surface area contributed by atoms with Crippen LogP contribution in [0.15, 0.2) is 42.9 Å². The summed E-state index contributed by atoms with van der Waals surface area (Å²) >= 11 is 0. The van der Waals surface area contributed by atoms with Crippen molar-refractivity contribution in [3.8, 4) is 0 Å². The number of nitrogens with two attached hydrogens (primary N) is 1. The van der Waals surface area contributed by atoms with Crippen molar-refractivity contribution in [2.75, 3.05) is 24.6 Å². The van der Waals surface area contributed by atoms with Crippen LogP contribution < -0.4 is 16.0 Å². The Balaban J connectivity index is 1.44. The predicted molar refractivity (Wildman–Crippen MR) is 116 cm³/mol. The van der Waals surface area contributed by atoms with Crippen LogP contribution in [-0.2, 0) is 4.79 Å². The van der Waals surface area contributed by atoms with Gasteiger partial charge in [0.1, 0.15) is 17.8 Å². The molecule has 1 amide bonds. The third-order valence-electron chi connectivity index (χ3n) is 5.94. The second-order valence-electron chi connectivity index (χ2n) is 8.03. The largest absolute Gasteiger partial charge is 0.396 e. The SMILES string of the molecule is Cc1ccc([C@H](CCO)NC(=O)C2(N)CCN(c3ncnc4[nH]ccc34)CC2)cc1. The first-order valence-electron chi connectivity index (χ1n) is 10.3. The second kappa shape index (κ2) is 8.41. The minimum Gasteiger partial charge on any atom is -0.396 e. The van der Waals surface area contributed by atoms with Crippen molar-refractivity contribution < 1.29 is 9.90 Å². The quantitative estimate of drug-likeness (QED) is 0.494. The number of carbonyl (C=O) groups excluding carboxylic acids is 1. The summed E-state index contributed by atoms with van der Waals surface area (Å²) in [5, 5.41) is 13.5. The van der Waals surface area contributed by atoms with Crippen molar-refractivity contribution in [1.82, 2.24) is 20.3 Å². The van der Waals surface area contributed by atoms with Gasteiger partial charge in [-0.1, -0.05) is 29.8 Å². The number of aromatic amines is 1. The standard InChI is InChI=1S/C22H28N6O2/c1-15-2-4-16(5-3-15)18(7-13-29)27-21(30)22(23)8-11-28(12-9-22)20-17-6-10-24-19(17)25-14-26-20/h2-6,10,14,18,29H,7-9,11-13,23H2,1H3,(H,27,30)(H,24,25,26)/t18-/m0/s1. The highest BCUT2D eigenvalue weighted by Gasteiger charge is 2.39. The van der Waals surface area contributed by atoms with E-state index in [4.69, 9.17) is 5.73 Å². The average molecular weight is 409 g/mol. The number of aliphatic hydroxyl groups is 1. The smallest absolute Gasteiger partial charge is 0.240 e. The minimum absolute atomic E-state index is 0.00938. The molecular weight excluding hydrogens is 380 g/mol. The molecule has 0 spiro atoms. The zero-order valence-electron chi connectivity index (χ0n) is 17.1. The zero-order chi connectivity index (χ0) is 21.1. The number of aryl methyl sites for hydroxylation is 1. The number of piperidine rings is 1. The summed E-state index contributed by atoms with van der Waals surface area (Å²) in [6, 6.07) is 9.68. The van der Waals surface area contributed by atoms with Gasteiger partial charge in [0.2, 0.25) is 5.91 Å². The number of rotatable bonds is 6. The lowest BCUT2D eigenvalue weighted by Gasteiger charge is -2.39. The first-order valence-corrected chi connectivity index (χ1v) is 10.3. The third kappa shape index (κ3) is 4.01. The molecule has 3 heterocycles. The Labute approximate surface area is 175 Å². The molecule has 0 aliphatic carbocycles. The van der Waals surface area contributed by atoms with E-state index in [1.165, 1.54) is 0 Å². The lowest BCUT2D eigenvalue weighted by Crippen LogP contribution is -2.60. The van der Waals surface area contributed by atoms with Crippen molar-refractivity contribution in [2.24, 2.45) is 5.73 Å². The molecule has 0 unspecified atom stereocenters. The minimum atomic E-state index is -0.945. The van der Waals surface area contributed by atoms with Crippen LogP contribution in [0, 0.1) is 6.92 Å². The first kappa shape index (κ1) is 20.3. The normalized spacial score (nSPS) is 17.1. The number of hydrogen-bond donors (Lipinski definition) is 4. The van der Waals surface area contributed by atoms with Gasteiger partial charge in [0, 0.05) is 25.9 Å². The molecule has 1 aromatic carbocycles. The fourth-order valence-corrected chi connectivity index (χ4v) is 4.01. The van der Waals surface area contributed by atoms with Gasteiger partial charge in [0.25, 0.3) is 0 Å². The van der Waals surface area contributed by atoms with Gasteiger partial charge < -0.3 is 26.0 Å². The van der Waals surface area contributed by atoms with Crippen molar-refractivity contribution in [2.45, 2.75) is 37.8 Å². The van der Waals surface area contributed by atoms with Crippen LogP contribution in [-0.4, -0.2) is 51.2 Å². The summed E-state index contributed by atoms with van der Waals surface area (Å²) in [5.74, 6) is 0.692. The van der Waals surface area contributed by atoms with Crippen LogP contribution in [0.5, 0.6) is 0 Å². The first-order chi connectivity index (χ1) is 14.5. The number of carbonyl (C=O) groups is 1. The number of aromatic nitrogens is 3. The molecule has 1 atom stereocenters. The van der Waals surface area contributed by atoms with Gasteiger partial charge in [0.15, 0.2) is 0 Å². The molecule has 8 heteroatoms. The molecule has 0 radical (unpaired) electrons. The molecule has 30 heavy (non-hydrogen) atoms. The Hall–Kier alpha value is -2.97. The van der Waals surface area contributed by atoms with Gasteiger partial charge in [-0.05, 0) is 37.8 Å². The number of H-pyrrole nitrogens is 1. The van der Waals surface area contributed by atoms with Crippen LogP contribution >= 0.6 is 0 Å². The molecule has 158 valence electrons. The van der Waals surface area contributed by atoms with Crippen molar-refractivity contribution in [1.29, 1.82) is 0 Å². The summed E-state index contributed by atoms with van der Waals surface area (Å²) < 4.78 is 0. The number of hydrogen-bond acceptors (Lipinski definition) is 6. The monoisotopic (exact) mass is 408 g/mol. The van der Waals surface area contributed by atoms with Crippen LogP contribution in [0.2, 0.25) is 0 Å². The molecule has 4 rings (SSSR count). The fraction of sp³-hybridized carbons (Fsp3) is 0.409. The van der Waals surface area contributed by atoms with E-state index in [0.29, 0.717) is 32.4 Å². The van der Waals surface area contributed by atoms with Gasteiger partial charge in [-0.15, -0.1) is 0 Å². The molecule has 2 aromatic heterocycles. The van der Waals surface area contributed by atoms with E-state index in [0.717, 1.165) is 28.0 Å². The van der Waals surface area contributed by atoms with Crippen LogP contribution in [0.4, 0.5) is 5.82 Å². The molecular formula is C22H28N6O2. The Bertz CT molecular complexity index is 1010. The van der Waals surface area contributed by atoms with Crippen LogP contribution in [0.3, 0.4) is 0 Å². The number of aliphatic hydroxyl groups excluding tert-OH is 1. The fourth-order valence-electron chi connectivity index (χ4n) is 4.01. The molecule has 1 aliphatic rings. The van der Waals surface area contributed by atoms with Crippen LogP contribution in [0.1, 0.15) is 36.4 Å². The zero-order valence-corrected chi connectivity index (χ0v) is 17.1. The highest BCUT2D eigenvalue weighted by atomic mass is 16.3. The van der Waals surface area contributed by atoms with Crippen LogP contribution in [0.25, 0.3) is 11.0 Å². The van der Waals surface area contributed by atoms with E-state index in [1.54, 1.807) is 6.33 Å². The lowest BCUT2D eigenvalue weighted by molar-refractivity contribution is -0.128. The summed E-state index contributed by atoms with van der Waals surface area (Å²) in [7, 11) is 0. The van der Waals surface area contributed by atoms with Gasteiger partial charge >= 0.3 is 0 Å².